The van der Waals surface area contributed by atoms with E-state index < -0.39 is 18.6 Å². The summed E-state index contributed by atoms with van der Waals surface area (Å²) in [6.07, 6.45) is -1.57. The highest BCUT2D eigenvalue weighted by molar-refractivity contribution is 7.99. The van der Waals surface area contributed by atoms with Crippen LogP contribution in [0.3, 0.4) is 0 Å². The van der Waals surface area contributed by atoms with Gasteiger partial charge < -0.3 is 10.1 Å². The van der Waals surface area contributed by atoms with Crippen molar-refractivity contribution in [3.05, 3.63) is 42.7 Å². The highest BCUT2D eigenvalue weighted by Crippen LogP contribution is 2.31. The molecule has 3 heterocycles. The lowest BCUT2D eigenvalue weighted by Gasteiger charge is -2.12. The van der Waals surface area contributed by atoms with Gasteiger partial charge in [-0.2, -0.15) is 13.2 Å². The van der Waals surface area contributed by atoms with E-state index in [4.69, 9.17) is 4.74 Å². The Morgan fingerprint density at radius 1 is 1.21 bits per heavy atom. The average molecular weight is 495 g/mol. The van der Waals surface area contributed by atoms with Crippen molar-refractivity contribution in [2.75, 3.05) is 17.7 Å². The third kappa shape index (κ3) is 5.79. The summed E-state index contributed by atoms with van der Waals surface area (Å²) in [6, 6.07) is 8.51. The van der Waals surface area contributed by atoms with E-state index in [9.17, 15) is 18.0 Å². The van der Waals surface area contributed by atoms with E-state index in [2.05, 4.69) is 25.5 Å². The maximum atomic E-state index is 13.2. The van der Waals surface area contributed by atoms with Crippen LogP contribution in [0.25, 0.3) is 21.6 Å². The lowest BCUT2D eigenvalue weighted by molar-refractivity contribution is -0.141. The third-order valence-electron chi connectivity index (χ3n) is 4.24. The number of pyridine rings is 1. The Morgan fingerprint density at radius 2 is 2.00 bits per heavy atom. The van der Waals surface area contributed by atoms with Crippen LogP contribution in [0.2, 0.25) is 0 Å². The van der Waals surface area contributed by atoms with Crippen molar-refractivity contribution in [2.24, 2.45) is 0 Å². The largest absolute Gasteiger partial charge is 0.494 e. The highest BCUT2D eigenvalue weighted by atomic mass is 32.2. The molecule has 0 atom stereocenters. The number of amides is 1. The molecule has 0 fully saturated rings. The highest BCUT2D eigenvalue weighted by Gasteiger charge is 2.31. The molecule has 3 aromatic heterocycles. The number of carbonyl (C=O) groups is 1. The Hall–Kier alpha value is -3.19. The summed E-state index contributed by atoms with van der Waals surface area (Å²) in [5.41, 5.74) is 1.15. The van der Waals surface area contributed by atoms with Gasteiger partial charge in [0.2, 0.25) is 5.91 Å². The normalized spacial score (nSPS) is 11.6. The first kappa shape index (κ1) is 23.0. The summed E-state index contributed by atoms with van der Waals surface area (Å²) in [6.45, 7) is 1.14. The van der Waals surface area contributed by atoms with Gasteiger partial charge in [0.05, 0.1) is 22.6 Å². The fraction of sp³-hybridized carbons (Fsp3) is 0.250. The van der Waals surface area contributed by atoms with Crippen LogP contribution in [0.4, 0.5) is 18.3 Å². The Morgan fingerprint density at radius 3 is 2.73 bits per heavy atom. The number of nitrogens with zero attached hydrogens (tertiary/aromatic N) is 5. The quantitative estimate of drug-likeness (QED) is 0.357. The number of nitrogens with one attached hydrogen (secondary N) is 1. The Bertz CT molecular complexity index is 1260. The number of anilines is 1. The standard InChI is InChI=1S/C20H17F3N6O2S2/c1-2-31-13-3-4-14-15(9-13)33-18(25-14)26-16(30)10-32-19-28-27-17(12-5-7-24-8-6-12)29(19)11-20(21,22)23/h3-9H,2,10-11H2,1H3,(H,25,26,30). The number of benzene rings is 1. The van der Waals surface area contributed by atoms with Gasteiger partial charge in [0.15, 0.2) is 16.1 Å². The van der Waals surface area contributed by atoms with Crippen LogP contribution in [0.5, 0.6) is 5.75 Å². The minimum absolute atomic E-state index is 0.0139. The number of alkyl halides is 3. The van der Waals surface area contributed by atoms with Crippen molar-refractivity contribution in [1.82, 2.24) is 24.7 Å². The topological polar surface area (TPSA) is 94.8 Å². The minimum Gasteiger partial charge on any atom is -0.494 e. The first-order valence-corrected chi connectivity index (χ1v) is 11.5. The molecule has 0 saturated heterocycles. The van der Waals surface area contributed by atoms with Crippen molar-refractivity contribution >= 4 is 44.4 Å². The summed E-state index contributed by atoms with van der Waals surface area (Å²) in [5, 5.41) is 10.8. The number of ether oxygens (including phenoxy) is 1. The van der Waals surface area contributed by atoms with Gasteiger partial charge in [0, 0.05) is 18.0 Å². The summed E-state index contributed by atoms with van der Waals surface area (Å²) >= 11 is 2.14. The van der Waals surface area contributed by atoms with E-state index in [0.29, 0.717) is 28.6 Å². The number of aromatic nitrogens is 5. The zero-order chi connectivity index (χ0) is 23.4. The van der Waals surface area contributed by atoms with E-state index in [1.807, 2.05) is 13.0 Å². The monoisotopic (exact) mass is 494 g/mol. The number of carbonyl (C=O) groups excluding carboxylic acids is 1. The van der Waals surface area contributed by atoms with Gasteiger partial charge in [-0.15, -0.1) is 10.2 Å². The van der Waals surface area contributed by atoms with Crippen LogP contribution < -0.4 is 10.1 Å². The smallest absolute Gasteiger partial charge is 0.406 e. The molecule has 0 radical (unpaired) electrons. The van der Waals surface area contributed by atoms with Crippen molar-refractivity contribution in [2.45, 2.75) is 24.8 Å². The SMILES string of the molecule is CCOc1ccc2nc(NC(=O)CSc3nnc(-c4ccncc4)n3CC(F)(F)F)sc2c1. The molecule has 0 saturated carbocycles. The molecule has 33 heavy (non-hydrogen) atoms. The van der Waals surface area contributed by atoms with Crippen LogP contribution >= 0.6 is 23.1 Å². The summed E-state index contributed by atoms with van der Waals surface area (Å²) < 4.78 is 46.7. The molecular formula is C20H17F3N6O2S2. The molecule has 1 N–H and O–H groups in total. The minimum atomic E-state index is -4.48. The second-order valence-electron chi connectivity index (χ2n) is 6.66. The molecule has 0 aliphatic heterocycles. The van der Waals surface area contributed by atoms with Crippen LogP contribution in [0.15, 0.2) is 47.9 Å². The van der Waals surface area contributed by atoms with Gasteiger partial charge in [-0.1, -0.05) is 23.1 Å². The number of rotatable bonds is 8. The Labute approximate surface area is 194 Å². The number of halogens is 3. The van der Waals surface area contributed by atoms with Crippen molar-refractivity contribution < 1.29 is 22.7 Å². The molecule has 172 valence electrons. The molecule has 0 aliphatic carbocycles. The van der Waals surface area contributed by atoms with Gasteiger partial charge in [-0.25, -0.2) is 4.98 Å². The number of thiazole rings is 1. The van der Waals surface area contributed by atoms with E-state index in [0.717, 1.165) is 21.0 Å². The molecular weight excluding hydrogens is 477 g/mol. The van der Waals surface area contributed by atoms with Crippen molar-refractivity contribution in [3.8, 4) is 17.1 Å². The molecule has 4 rings (SSSR count). The number of fused-ring (bicyclic) bond motifs is 1. The van der Waals surface area contributed by atoms with Crippen LogP contribution in [-0.4, -0.2) is 49.2 Å². The van der Waals surface area contributed by atoms with Crippen LogP contribution in [0.1, 0.15) is 6.92 Å². The first-order valence-electron chi connectivity index (χ1n) is 9.69. The maximum Gasteiger partial charge on any atom is 0.406 e. The lowest BCUT2D eigenvalue weighted by atomic mass is 10.2. The fourth-order valence-electron chi connectivity index (χ4n) is 2.93. The predicted molar refractivity (Wildman–Crippen MR) is 119 cm³/mol. The van der Waals surface area contributed by atoms with E-state index in [1.54, 1.807) is 24.3 Å². The Balaban J connectivity index is 1.46. The molecule has 1 aromatic carbocycles. The molecule has 0 unspecified atom stereocenters. The summed E-state index contributed by atoms with van der Waals surface area (Å²) in [4.78, 5) is 20.6. The zero-order valence-electron chi connectivity index (χ0n) is 17.2. The van der Waals surface area contributed by atoms with Gasteiger partial charge in [-0.3, -0.25) is 14.3 Å². The average Bonchev–Trinajstić information content (AvgIpc) is 3.35. The second-order valence-corrected chi connectivity index (χ2v) is 8.63. The van der Waals surface area contributed by atoms with Crippen molar-refractivity contribution in [3.63, 3.8) is 0 Å². The first-order chi connectivity index (χ1) is 15.8. The molecule has 1 amide bonds. The van der Waals surface area contributed by atoms with Crippen molar-refractivity contribution in [1.29, 1.82) is 0 Å². The number of hydrogen-bond acceptors (Lipinski definition) is 8. The summed E-state index contributed by atoms with van der Waals surface area (Å²) in [5.74, 6) is 0.174. The predicted octanol–water partition coefficient (Wildman–Crippen LogP) is 4.64. The van der Waals surface area contributed by atoms with E-state index in [-0.39, 0.29) is 16.7 Å². The van der Waals surface area contributed by atoms with Gasteiger partial charge in [0.25, 0.3) is 0 Å². The molecule has 0 bridgehead atoms. The third-order valence-corrected chi connectivity index (χ3v) is 6.14. The van der Waals surface area contributed by atoms with Gasteiger partial charge in [-0.05, 0) is 37.3 Å². The molecule has 8 nitrogen and oxygen atoms in total. The van der Waals surface area contributed by atoms with Gasteiger partial charge in [0.1, 0.15) is 12.3 Å². The second kappa shape index (κ2) is 9.75. The van der Waals surface area contributed by atoms with Crippen LogP contribution in [0, 0.1) is 0 Å². The van der Waals surface area contributed by atoms with E-state index >= 15 is 0 Å². The summed E-state index contributed by atoms with van der Waals surface area (Å²) in [7, 11) is 0. The Kier molecular flexibility index (Phi) is 6.79. The number of thioether (sulfide) groups is 1. The molecule has 0 aliphatic rings. The molecule has 13 heteroatoms. The molecule has 4 aromatic rings. The fourth-order valence-corrected chi connectivity index (χ4v) is 4.58. The van der Waals surface area contributed by atoms with Gasteiger partial charge >= 0.3 is 6.18 Å². The van der Waals surface area contributed by atoms with Crippen LogP contribution in [-0.2, 0) is 11.3 Å². The molecule has 0 spiro atoms. The lowest BCUT2D eigenvalue weighted by Crippen LogP contribution is -2.20. The zero-order valence-corrected chi connectivity index (χ0v) is 18.8. The maximum absolute atomic E-state index is 13.2. The number of hydrogen-bond donors (Lipinski definition) is 1. The van der Waals surface area contributed by atoms with E-state index in [1.165, 1.54) is 23.7 Å².